The molecule has 0 bridgehead atoms. The number of nitrogens with two attached hydrogens (primary N) is 1. The smallest absolute Gasteiger partial charge is 0.200 e. The van der Waals surface area contributed by atoms with Gasteiger partial charge >= 0.3 is 0 Å². The fourth-order valence-electron chi connectivity index (χ4n) is 1.89. The van der Waals surface area contributed by atoms with E-state index in [1.807, 2.05) is 35.6 Å². The van der Waals surface area contributed by atoms with Gasteiger partial charge in [0.1, 0.15) is 0 Å². The van der Waals surface area contributed by atoms with Crippen LogP contribution in [-0.2, 0) is 20.0 Å². The van der Waals surface area contributed by atoms with Crippen LogP contribution >= 0.6 is 0 Å². The average Bonchev–Trinajstić information content (AvgIpc) is 2.71. The lowest BCUT2D eigenvalue weighted by Crippen LogP contribution is -2.04. The van der Waals surface area contributed by atoms with Crippen molar-refractivity contribution in [1.82, 2.24) is 19.3 Å². The van der Waals surface area contributed by atoms with Crippen molar-refractivity contribution in [3.05, 3.63) is 29.3 Å². The molecule has 0 amide bonds. The molecule has 2 heterocycles. The van der Waals surface area contributed by atoms with Crippen molar-refractivity contribution < 1.29 is 0 Å². The molecule has 0 saturated carbocycles. The van der Waals surface area contributed by atoms with Gasteiger partial charge in [0.05, 0.1) is 17.9 Å². The molecule has 2 N–H and O–H groups in total. The third-order valence-electron chi connectivity index (χ3n) is 2.60. The molecule has 0 saturated heterocycles. The third-order valence-corrected chi connectivity index (χ3v) is 2.60. The highest BCUT2D eigenvalue weighted by Gasteiger charge is 2.08. The maximum absolute atomic E-state index is 5.81. The lowest BCUT2D eigenvalue weighted by molar-refractivity contribution is 0.746. The molecule has 0 fully saturated rings. The molecule has 86 valence electrons. The third kappa shape index (κ3) is 1.93. The minimum absolute atomic E-state index is 0.559. The first kappa shape index (κ1) is 10.7. The number of hydrogen-bond donors (Lipinski definition) is 1. The number of nitrogen functional groups attached to an aromatic ring is 1. The number of anilines is 1. The summed E-state index contributed by atoms with van der Waals surface area (Å²) < 4.78 is 3.79. The molecule has 0 aromatic carbocycles. The van der Waals surface area contributed by atoms with E-state index in [0.717, 1.165) is 24.4 Å². The molecule has 0 aliphatic rings. The lowest BCUT2D eigenvalue weighted by Gasteiger charge is -2.03. The van der Waals surface area contributed by atoms with E-state index in [4.69, 9.17) is 5.73 Å². The van der Waals surface area contributed by atoms with E-state index in [9.17, 15) is 0 Å². The summed E-state index contributed by atoms with van der Waals surface area (Å²) in [7, 11) is 1.94. The molecule has 5 heteroatoms. The van der Waals surface area contributed by atoms with E-state index in [1.54, 1.807) is 0 Å². The van der Waals surface area contributed by atoms with Crippen molar-refractivity contribution >= 4 is 5.95 Å². The summed E-state index contributed by atoms with van der Waals surface area (Å²) in [4.78, 5) is 4.18. The molecular formula is C11H17N5. The summed E-state index contributed by atoms with van der Waals surface area (Å²) in [5.74, 6) is 0.559. The van der Waals surface area contributed by atoms with Crippen molar-refractivity contribution in [2.75, 3.05) is 5.73 Å². The number of aromatic nitrogens is 4. The molecule has 16 heavy (non-hydrogen) atoms. The Balaban J connectivity index is 2.29. The Labute approximate surface area is 94.9 Å². The zero-order valence-electron chi connectivity index (χ0n) is 9.94. The van der Waals surface area contributed by atoms with Gasteiger partial charge in [0.25, 0.3) is 0 Å². The highest BCUT2D eigenvalue weighted by atomic mass is 15.3. The van der Waals surface area contributed by atoms with Crippen LogP contribution in [0.15, 0.2) is 12.4 Å². The molecule has 2 aromatic heterocycles. The molecule has 2 rings (SSSR count). The van der Waals surface area contributed by atoms with Crippen LogP contribution < -0.4 is 5.73 Å². The van der Waals surface area contributed by atoms with Crippen LogP contribution in [0.2, 0.25) is 0 Å². The lowest BCUT2D eigenvalue weighted by atomic mass is 10.2. The Morgan fingerprint density at radius 2 is 2.12 bits per heavy atom. The van der Waals surface area contributed by atoms with Crippen molar-refractivity contribution in [1.29, 1.82) is 0 Å². The van der Waals surface area contributed by atoms with Crippen molar-refractivity contribution in [2.24, 2.45) is 7.05 Å². The van der Waals surface area contributed by atoms with E-state index in [0.29, 0.717) is 5.95 Å². The highest BCUT2D eigenvalue weighted by Crippen LogP contribution is 2.12. The Bertz CT molecular complexity index is 494. The Morgan fingerprint density at radius 3 is 2.69 bits per heavy atom. The van der Waals surface area contributed by atoms with E-state index >= 15 is 0 Å². The zero-order chi connectivity index (χ0) is 11.7. The number of imidazole rings is 1. The highest BCUT2D eigenvalue weighted by molar-refractivity contribution is 5.25. The average molecular weight is 219 g/mol. The van der Waals surface area contributed by atoms with Gasteiger partial charge in [-0.25, -0.2) is 4.98 Å². The van der Waals surface area contributed by atoms with Gasteiger partial charge in [-0.3, -0.25) is 4.68 Å². The van der Waals surface area contributed by atoms with Crippen LogP contribution in [-0.4, -0.2) is 19.3 Å². The van der Waals surface area contributed by atoms with E-state index < -0.39 is 0 Å². The zero-order valence-corrected chi connectivity index (χ0v) is 9.94. The van der Waals surface area contributed by atoms with Crippen molar-refractivity contribution in [2.45, 2.75) is 26.8 Å². The minimum atomic E-state index is 0.559. The fraction of sp³-hybridized carbons (Fsp3) is 0.455. The van der Waals surface area contributed by atoms with Gasteiger partial charge in [-0.1, -0.05) is 6.92 Å². The Hall–Kier alpha value is -1.78. The van der Waals surface area contributed by atoms with Gasteiger partial charge in [-0.05, 0) is 13.3 Å². The normalized spacial score (nSPS) is 10.9. The number of rotatable bonds is 3. The first-order chi connectivity index (χ1) is 7.60. The fourth-order valence-corrected chi connectivity index (χ4v) is 1.89. The molecule has 0 aliphatic carbocycles. The van der Waals surface area contributed by atoms with Crippen molar-refractivity contribution in [3.8, 4) is 0 Å². The summed E-state index contributed by atoms with van der Waals surface area (Å²) in [6, 6.07) is 0. The summed E-state index contributed by atoms with van der Waals surface area (Å²) >= 11 is 0. The van der Waals surface area contributed by atoms with Gasteiger partial charge in [-0.15, -0.1) is 0 Å². The predicted molar refractivity (Wildman–Crippen MR) is 63.1 cm³/mol. The van der Waals surface area contributed by atoms with Crippen molar-refractivity contribution in [3.63, 3.8) is 0 Å². The first-order valence-electron chi connectivity index (χ1n) is 5.40. The second kappa shape index (κ2) is 4.00. The number of nitrogens with zero attached hydrogens (tertiary/aromatic N) is 4. The predicted octanol–water partition coefficient (Wildman–Crippen LogP) is 1.12. The Kier molecular flexibility index (Phi) is 2.68. The van der Waals surface area contributed by atoms with Gasteiger partial charge in [0.15, 0.2) is 0 Å². The van der Waals surface area contributed by atoms with Crippen LogP contribution in [0.4, 0.5) is 5.95 Å². The first-order valence-corrected chi connectivity index (χ1v) is 5.40. The monoisotopic (exact) mass is 219 g/mol. The van der Waals surface area contributed by atoms with Crippen LogP contribution in [0, 0.1) is 6.92 Å². The van der Waals surface area contributed by atoms with E-state index in [2.05, 4.69) is 17.0 Å². The molecule has 2 aromatic rings. The summed E-state index contributed by atoms with van der Waals surface area (Å²) in [6.07, 6.45) is 4.93. The van der Waals surface area contributed by atoms with Crippen LogP contribution in [0.25, 0.3) is 0 Å². The number of aryl methyl sites for hydroxylation is 3. The van der Waals surface area contributed by atoms with E-state index in [1.165, 1.54) is 5.56 Å². The van der Waals surface area contributed by atoms with E-state index in [-0.39, 0.29) is 0 Å². The summed E-state index contributed by atoms with van der Waals surface area (Å²) in [5, 5.41) is 4.40. The molecular weight excluding hydrogens is 202 g/mol. The summed E-state index contributed by atoms with van der Waals surface area (Å²) in [6.45, 7) is 4.79. The molecule has 5 nitrogen and oxygen atoms in total. The number of hydrogen-bond acceptors (Lipinski definition) is 3. The molecule has 0 spiro atoms. The van der Waals surface area contributed by atoms with Gasteiger partial charge in [-0.2, -0.15) is 5.10 Å². The molecule has 0 aliphatic heterocycles. The molecule has 0 atom stereocenters. The topological polar surface area (TPSA) is 61.7 Å². The second-order valence-electron chi connectivity index (χ2n) is 4.00. The molecule has 0 unspecified atom stereocenters. The minimum Gasteiger partial charge on any atom is -0.369 e. The van der Waals surface area contributed by atoms with Gasteiger partial charge in [0.2, 0.25) is 5.95 Å². The van der Waals surface area contributed by atoms with Gasteiger partial charge in [0, 0.05) is 25.0 Å². The van der Waals surface area contributed by atoms with Crippen LogP contribution in [0.1, 0.15) is 23.9 Å². The summed E-state index contributed by atoms with van der Waals surface area (Å²) in [5.41, 5.74) is 9.08. The molecule has 0 radical (unpaired) electrons. The Morgan fingerprint density at radius 1 is 1.38 bits per heavy atom. The van der Waals surface area contributed by atoms with Gasteiger partial charge < -0.3 is 10.3 Å². The maximum atomic E-state index is 5.81. The van der Waals surface area contributed by atoms with Crippen LogP contribution in [0.3, 0.4) is 0 Å². The second-order valence-corrected chi connectivity index (χ2v) is 4.00. The maximum Gasteiger partial charge on any atom is 0.200 e. The van der Waals surface area contributed by atoms with Crippen LogP contribution in [0.5, 0.6) is 0 Å². The quantitative estimate of drug-likeness (QED) is 0.841. The largest absolute Gasteiger partial charge is 0.369 e. The standard InChI is InChI=1S/C11H17N5/c1-4-10-9(6-15(3)14-10)7-16-5-8(2)13-11(16)12/h5-6H,4,7H2,1-3H3,(H2,12,13). The SMILES string of the molecule is CCc1nn(C)cc1Cn1cc(C)nc1N.